The van der Waals surface area contributed by atoms with E-state index in [1.165, 1.54) is 0 Å². The standard InChI is InChI=1S/C11H11ClN4/c12-9-2-1-8(6-13)5-10(9)16-11-7-14-3-4-15-11/h1-5,7H,6,13H2,(H,15,16). The number of aromatic nitrogens is 2. The Balaban J connectivity index is 2.27. The van der Waals surface area contributed by atoms with Crippen LogP contribution in [0, 0.1) is 0 Å². The fourth-order valence-electron chi connectivity index (χ4n) is 1.30. The topological polar surface area (TPSA) is 63.8 Å². The van der Waals surface area contributed by atoms with Crippen LogP contribution in [0.15, 0.2) is 36.8 Å². The van der Waals surface area contributed by atoms with Gasteiger partial charge in [-0.05, 0) is 17.7 Å². The van der Waals surface area contributed by atoms with Gasteiger partial charge in [0.05, 0.1) is 16.9 Å². The first-order valence-corrected chi connectivity index (χ1v) is 5.19. The van der Waals surface area contributed by atoms with Gasteiger partial charge < -0.3 is 11.1 Å². The first kappa shape index (κ1) is 10.9. The number of rotatable bonds is 3. The summed E-state index contributed by atoms with van der Waals surface area (Å²) in [7, 11) is 0. The van der Waals surface area contributed by atoms with Crippen LogP contribution in [0.2, 0.25) is 5.02 Å². The number of benzene rings is 1. The third-order valence-electron chi connectivity index (χ3n) is 2.09. The molecule has 0 amide bonds. The first-order valence-electron chi connectivity index (χ1n) is 4.81. The summed E-state index contributed by atoms with van der Waals surface area (Å²) in [6.45, 7) is 0.478. The van der Waals surface area contributed by atoms with E-state index in [2.05, 4.69) is 15.3 Å². The molecule has 3 N–H and O–H groups in total. The molecule has 0 aliphatic rings. The van der Waals surface area contributed by atoms with Gasteiger partial charge in [-0.25, -0.2) is 4.98 Å². The van der Waals surface area contributed by atoms with Crippen LogP contribution in [-0.2, 0) is 6.54 Å². The number of nitrogens with zero attached hydrogens (tertiary/aromatic N) is 2. The molecule has 0 radical (unpaired) electrons. The monoisotopic (exact) mass is 234 g/mol. The lowest BCUT2D eigenvalue weighted by atomic mass is 10.2. The van der Waals surface area contributed by atoms with Gasteiger partial charge in [0, 0.05) is 18.9 Å². The van der Waals surface area contributed by atoms with E-state index in [4.69, 9.17) is 17.3 Å². The van der Waals surface area contributed by atoms with Crippen molar-refractivity contribution in [3.8, 4) is 0 Å². The van der Waals surface area contributed by atoms with Crippen LogP contribution < -0.4 is 11.1 Å². The lowest BCUT2D eigenvalue weighted by Gasteiger charge is -2.08. The van der Waals surface area contributed by atoms with Crippen LogP contribution in [0.4, 0.5) is 11.5 Å². The number of nitrogens with one attached hydrogen (secondary N) is 1. The molecule has 0 atom stereocenters. The summed E-state index contributed by atoms with van der Waals surface area (Å²) in [6.07, 6.45) is 4.86. The molecule has 0 saturated carbocycles. The molecule has 0 aliphatic carbocycles. The minimum absolute atomic E-state index is 0.478. The zero-order chi connectivity index (χ0) is 11.4. The van der Waals surface area contributed by atoms with Crippen LogP contribution in [-0.4, -0.2) is 9.97 Å². The van der Waals surface area contributed by atoms with Gasteiger partial charge in [0.15, 0.2) is 0 Å². The highest BCUT2D eigenvalue weighted by atomic mass is 35.5. The molecule has 0 aliphatic heterocycles. The van der Waals surface area contributed by atoms with Crippen molar-refractivity contribution in [3.63, 3.8) is 0 Å². The molecule has 0 spiro atoms. The second kappa shape index (κ2) is 4.92. The van der Waals surface area contributed by atoms with Gasteiger partial charge in [-0.2, -0.15) is 0 Å². The minimum atomic E-state index is 0.478. The molecule has 1 aromatic carbocycles. The first-order chi connectivity index (χ1) is 7.79. The molecule has 0 saturated heterocycles. The van der Waals surface area contributed by atoms with Crippen molar-refractivity contribution in [2.45, 2.75) is 6.54 Å². The van der Waals surface area contributed by atoms with Gasteiger partial charge in [-0.3, -0.25) is 4.98 Å². The van der Waals surface area contributed by atoms with Gasteiger partial charge in [0.1, 0.15) is 5.82 Å². The molecule has 0 unspecified atom stereocenters. The highest BCUT2D eigenvalue weighted by molar-refractivity contribution is 6.33. The molecule has 5 heteroatoms. The molecule has 2 rings (SSSR count). The van der Waals surface area contributed by atoms with Crippen molar-refractivity contribution in [1.29, 1.82) is 0 Å². The average Bonchev–Trinajstić information content (AvgIpc) is 2.33. The molecule has 16 heavy (non-hydrogen) atoms. The highest BCUT2D eigenvalue weighted by Gasteiger charge is 2.02. The molecule has 0 bridgehead atoms. The summed E-state index contributed by atoms with van der Waals surface area (Å²) in [5.41, 5.74) is 7.36. The maximum absolute atomic E-state index is 6.05. The summed E-state index contributed by atoms with van der Waals surface area (Å²) < 4.78 is 0. The van der Waals surface area contributed by atoms with Crippen LogP contribution in [0.3, 0.4) is 0 Å². The smallest absolute Gasteiger partial charge is 0.148 e. The number of hydrogen-bond donors (Lipinski definition) is 2. The van der Waals surface area contributed by atoms with Crippen molar-refractivity contribution >= 4 is 23.1 Å². The molecular weight excluding hydrogens is 224 g/mol. The lowest BCUT2D eigenvalue weighted by Crippen LogP contribution is -1.99. The van der Waals surface area contributed by atoms with Gasteiger partial charge in [0.25, 0.3) is 0 Å². The summed E-state index contributed by atoms with van der Waals surface area (Å²) >= 11 is 6.05. The second-order valence-corrected chi connectivity index (χ2v) is 3.64. The van der Waals surface area contributed by atoms with Crippen molar-refractivity contribution in [3.05, 3.63) is 47.4 Å². The zero-order valence-electron chi connectivity index (χ0n) is 8.52. The maximum Gasteiger partial charge on any atom is 0.148 e. The van der Waals surface area contributed by atoms with Gasteiger partial charge in [0.2, 0.25) is 0 Å². The Morgan fingerprint density at radius 1 is 1.31 bits per heavy atom. The second-order valence-electron chi connectivity index (χ2n) is 3.23. The third-order valence-corrected chi connectivity index (χ3v) is 2.42. The van der Waals surface area contributed by atoms with Gasteiger partial charge in [-0.15, -0.1) is 0 Å². The van der Waals surface area contributed by atoms with E-state index < -0.39 is 0 Å². The lowest BCUT2D eigenvalue weighted by molar-refractivity contribution is 1.07. The Kier molecular flexibility index (Phi) is 3.34. The molecule has 1 heterocycles. The van der Waals surface area contributed by atoms with Crippen molar-refractivity contribution in [2.75, 3.05) is 5.32 Å². The number of nitrogens with two attached hydrogens (primary N) is 1. The molecular formula is C11H11ClN4. The van der Waals surface area contributed by atoms with Crippen LogP contribution >= 0.6 is 11.6 Å². The van der Waals surface area contributed by atoms with Crippen LogP contribution in [0.1, 0.15) is 5.56 Å². The van der Waals surface area contributed by atoms with Gasteiger partial charge >= 0.3 is 0 Å². The molecule has 1 aromatic heterocycles. The predicted octanol–water partition coefficient (Wildman–Crippen LogP) is 2.33. The Hall–Kier alpha value is -1.65. The Bertz CT molecular complexity index is 473. The summed E-state index contributed by atoms with van der Waals surface area (Å²) in [5, 5.41) is 3.71. The fraction of sp³-hybridized carbons (Fsp3) is 0.0909. The summed E-state index contributed by atoms with van der Waals surface area (Å²) in [6, 6.07) is 5.60. The Morgan fingerprint density at radius 3 is 2.88 bits per heavy atom. The Morgan fingerprint density at radius 2 is 2.19 bits per heavy atom. The van der Waals surface area contributed by atoms with Crippen LogP contribution in [0.5, 0.6) is 0 Å². The molecule has 0 fully saturated rings. The normalized spacial score (nSPS) is 10.1. The SMILES string of the molecule is NCc1ccc(Cl)c(Nc2cnccn2)c1. The van der Waals surface area contributed by atoms with Crippen molar-refractivity contribution in [2.24, 2.45) is 5.73 Å². The number of halogens is 1. The molecule has 82 valence electrons. The number of anilines is 2. The average molecular weight is 235 g/mol. The van der Waals surface area contributed by atoms with Crippen molar-refractivity contribution < 1.29 is 0 Å². The zero-order valence-corrected chi connectivity index (χ0v) is 9.28. The van der Waals surface area contributed by atoms with E-state index >= 15 is 0 Å². The van der Waals surface area contributed by atoms with Gasteiger partial charge in [-0.1, -0.05) is 17.7 Å². The van der Waals surface area contributed by atoms with E-state index in [1.807, 2.05) is 18.2 Å². The third kappa shape index (κ3) is 2.48. The van der Waals surface area contributed by atoms with E-state index in [-0.39, 0.29) is 0 Å². The summed E-state index contributed by atoms with van der Waals surface area (Å²) in [4.78, 5) is 8.07. The molecule has 2 aromatic rings. The maximum atomic E-state index is 6.05. The summed E-state index contributed by atoms with van der Waals surface area (Å²) in [5.74, 6) is 0.651. The van der Waals surface area contributed by atoms with E-state index in [0.717, 1.165) is 11.3 Å². The quantitative estimate of drug-likeness (QED) is 0.856. The van der Waals surface area contributed by atoms with Crippen LogP contribution in [0.25, 0.3) is 0 Å². The van der Waals surface area contributed by atoms with E-state index in [0.29, 0.717) is 17.4 Å². The predicted molar refractivity (Wildman–Crippen MR) is 64.7 cm³/mol. The molecule has 4 nitrogen and oxygen atoms in total. The largest absolute Gasteiger partial charge is 0.338 e. The van der Waals surface area contributed by atoms with E-state index in [1.54, 1.807) is 18.6 Å². The Labute approximate surface area is 98.5 Å². The minimum Gasteiger partial charge on any atom is -0.338 e. The number of hydrogen-bond acceptors (Lipinski definition) is 4. The fourth-order valence-corrected chi connectivity index (χ4v) is 1.46. The highest BCUT2D eigenvalue weighted by Crippen LogP contribution is 2.25. The van der Waals surface area contributed by atoms with Crippen molar-refractivity contribution in [1.82, 2.24) is 9.97 Å². The van der Waals surface area contributed by atoms with E-state index in [9.17, 15) is 0 Å².